The van der Waals surface area contributed by atoms with Gasteiger partial charge in [-0.25, -0.2) is 0 Å². The first-order valence-corrected chi connectivity index (χ1v) is 10.9. The fourth-order valence-corrected chi connectivity index (χ4v) is 6.47. The van der Waals surface area contributed by atoms with Crippen molar-refractivity contribution in [2.24, 2.45) is 0 Å². The quantitative estimate of drug-likeness (QED) is 0.395. The number of hydrogen-bond donors (Lipinski definition) is 0. The molecule has 2 aromatic rings. The zero-order valence-corrected chi connectivity index (χ0v) is 18.7. The van der Waals surface area contributed by atoms with Gasteiger partial charge in [0.1, 0.15) is 0 Å². The van der Waals surface area contributed by atoms with E-state index in [0.717, 1.165) is 0 Å². The zero-order valence-electron chi connectivity index (χ0n) is 15.1. The Labute approximate surface area is 186 Å². The molecule has 10 radical (unpaired) electrons. The van der Waals surface area contributed by atoms with Crippen molar-refractivity contribution < 1.29 is 17.1 Å². The summed E-state index contributed by atoms with van der Waals surface area (Å²) < 4.78 is 0. The minimum absolute atomic E-state index is 0. The third-order valence-corrected chi connectivity index (χ3v) is 7.74. The van der Waals surface area contributed by atoms with E-state index in [1.165, 1.54) is 21.4 Å². The fraction of sp³-hybridized carbons (Fsp3) is 0.0833. The zero-order chi connectivity index (χ0) is 18.2. The second-order valence-corrected chi connectivity index (χ2v) is 9.41. The molecule has 0 amide bonds. The van der Waals surface area contributed by atoms with Crippen LogP contribution in [0.3, 0.4) is 0 Å². The summed E-state index contributed by atoms with van der Waals surface area (Å²) in [6.07, 6.45) is 16.5. The Balaban J connectivity index is 0.000000379. The minimum atomic E-state index is -0.409. The second-order valence-electron chi connectivity index (χ2n) is 6.01. The molecule has 0 heterocycles. The van der Waals surface area contributed by atoms with E-state index in [2.05, 4.69) is 103 Å². The van der Waals surface area contributed by atoms with Gasteiger partial charge in [-0.2, -0.15) is 0 Å². The summed E-state index contributed by atoms with van der Waals surface area (Å²) >= 11 is 3.69. The molecule has 4 rings (SSSR count). The minimum Gasteiger partial charge on any atom is -0.0828 e. The van der Waals surface area contributed by atoms with E-state index in [-0.39, 0.29) is 17.1 Å². The van der Waals surface area contributed by atoms with Crippen LogP contribution in [0.2, 0.25) is 0 Å². The van der Waals surface area contributed by atoms with Crippen LogP contribution in [0.25, 0.3) is 0 Å². The molecule has 0 aliphatic heterocycles. The van der Waals surface area contributed by atoms with Gasteiger partial charge in [-0.3, -0.25) is 0 Å². The monoisotopic (exact) mass is 476 g/mol. The van der Waals surface area contributed by atoms with E-state index >= 15 is 0 Å². The Morgan fingerprint density at radius 3 is 1.48 bits per heavy atom. The van der Waals surface area contributed by atoms with E-state index < -0.39 is 7.92 Å². The largest absolute Gasteiger partial charge is 2.00 e. The predicted octanol–water partition coefficient (Wildman–Crippen LogP) is 5.65. The van der Waals surface area contributed by atoms with Crippen LogP contribution in [0.4, 0.5) is 0 Å². The molecule has 0 unspecified atom stereocenters. The standard InChI is InChI=1S/C19H17BrP.C5H5.Fe/c1-15(18-13-8-14-19(18)20)21(16-9-4-2-5-10-16)17-11-6-3-7-12-17;1-2-4-5-3-1;/h2-15H,1H3;1-5H;/q;;+2/t15-;;/m0../s1. The van der Waals surface area contributed by atoms with Gasteiger partial charge in [0.25, 0.3) is 0 Å². The van der Waals surface area contributed by atoms with Gasteiger partial charge in [-0.05, 0) is 75.6 Å². The maximum absolute atomic E-state index is 3.69. The summed E-state index contributed by atoms with van der Waals surface area (Å²) in [4.78, 5) is 1.22. The van der Waals surface area contributed by atoms with Gasteiger partial charge in [0.2, 0.25) is 0 Å². The van der Waals surface area contributed by atoms with Crippen molar-refractivity contribution in [3.8, 4) is 0 Å². The van der Waals surface area contributed by atoms with Crippen LogP contribution in [0.15, 0.2) is 60.7 Å². The van der Waals surface area contributed by atoms with E-state index in [9.17, 15) is 0 Å². The summed E-state index contributed by atoms with van der Waals surface area (Å²) in [6.45, 7) is 2.34. The van der Waals surface area contributed by atoms with Crippen LogP contribution in [-0.4, -0.2) is 5.66 Å². The van der Waals surface area contributed by atoms with Gasteiger partial charge in [0.15, 0.2) is 0 Å². The first-order chi connectivity index (χ1) is 12.8. The van der Waals surface area contributed by atoms with Crippen molar-refractivity contribution in [1.82, 2.24) is 0 Å². The maximum Gasteiger partial charge on any atom is 2.00 e. The number of rotatable bonds is 4. The molecule has 0 spiro atoms. The third-order valence-electron chi connectivity index (χ3n) is 4.26. The van der Waals surface area contributed by atoms with E-state index in [0.29, 0.717) is 5.66 Å². The molecular formula is C24H22BrFeP+2. The van der Waals surface area contributed by atoms with Crippen molar-refractivity contribution in [1.29, 1.82) is 0 Å². The SMILES string of the molecule is C[C@@H]([C]1[CH][CH][CH][C]1Br)P(c1ccccc1)c1ccccc1.[CH]1[CH][CH][CH][CH]1.[Fe+2]. The van der Waals surface area contributed by atoms with Gasteiger partial charge in [0.05, 0.1) is 4.83 Å². The Bertz CT molecular complexity index is 582. The second kappa shape index (κ2) is 12.4. The van der Waals surface area contributed by atoms with Crippen molar-refractivity contribution >= 4 is 34.5 Å². The first kappa shape index (κ1) is 23.2. The van der Waals surface area contributed by atoms with E-state index in [1.54, 1.807) is 0 Å². The molecule has 27 heavy (non-hydrogen) atoms. The molecule has 1 atom stereocenters. The molecule has 0 N–H and O–H groups in total. The molecule has 2 saturated carbocycles. The van der Waals surface area contributed by atoms with Gasteiger partial charge in [0, 0.05) is 5.92 Å². The average molecular weight is 477 g/mol. The average Bonchev–Trinajstić information content (AvgIpc) is 3.38. The number of hydrogen-bond acceptors (Lipinski definition) is 0. The van der Waals surface area contributed by atoms with Crippen molar-refractivity contribution in [2.45, 2.75) is 12.6 Å². The number of halogens is 1. The Morgan fingerprint density at radius 1 is 0.667 bits per heavy atom. The summed E-state index contributed by atoms with van der Waals surface area (Å²) in [5.74, 6) is 1.40. The Kier molecular flexibility index (Phi) is 10.7. The van der Waals surface area contributed by atoms with Crippen molar-refractivity contribution in [3.05, 3.63) is 123 Å². The van der Waals surface area contributed by atoms with Crippen molar-refractivity contribution in [2.75, 3.05) is 0 Å². The molecule has 2 aliphatic carbocycles. The smallest absolute Gasteiger partial charge is 0.0828 e. The molecule has 2 aliphatic rings. The molecule has 0 saturated heterocycles. The first-order valence-electron chi connectivity index (χ1n) is 8.74. The normalized spacial score (nSPS) is 18.6. The molecule has 2 fully saturated rings. The van der Waals surface area contributed by atoms with E-state index in [1.807, 2.05) is 32.1 Å². The molecule has 3 heteroatoms. The number of benzene rings is 2. The summed E-state index contributed by atoms with van der Waals surface area (Å²) in [6, 6.07) is 21.8. The third kappa shape index (κ3) is 6.71. The molecule has 0 aromatic heterocycles. The van der Waals surface area contributed by atoms with Crippen LogP contribution < -0.4 is 10.6 Å². The Hall–Kier alpha value is -0.131. The fourth-order valence-electron chi connectivity index (χ4n) is 2.98. The predicted molar refractivity (Wildman–Crippen MR) is 118 cm³/mol. The van der Waals surface area contributed by atoms with Crippen molar-refractivity contribution in [3.63, 3.8) is 0 Å². The van der Waals surface area contributed by atoms with Crippen LogP contribution in [0.1, 0.15) is 6.92 Å². The molecule has 136 valence electrons. The molecule has 0 nitrogen and oxygen atoms in total. The summed E-state index contributed by atoms with van der Waals surface area (Å²) in [5, 5.41) is 2.86. The van der Waals surface area contributed by atoms with Crippen LogP contribution in [0, 0.1) is 62.1 Å². The molecule has 2 aromatic carbocycles. The van der Waals surface area contributed by atoms with E-state index in [4.69, 9.17) is 0 Å². The molecular weight excluding hydrogens is 455 g/mol. The van der Waals surface area contributed by atoms with Gasteiger partial charge < -0.3 is 0 Å². The maximum atomic E-state index is 3.69. The van der Waals surface area contributed by atoms with Gasteiger partial charge in [-0.15, -0.1) is 0 Å². The van der Waals surface area contributed by atoms with Crippen LogP contribution in [0.5, 0.6) is 0 Å². The summed E-state index contributed by atoms with van der Waals surface area (Å²) in [7, 11) is -0.409. The Morgan fingerprint density at radius 2 is 1.11 bits per heavy atom. The van der Waals surface area contributed by atoms with Crippen LogP contribution in [-0.2, 0) is 17.1 Å². The van der Waals surface area contributed by atoms with Crippen LogP contribution >= 0.6 is 23.9 Å². The van der Waals surface area contributed by atoms with Gasteiger partial charge in [-0.1, -0.05) is 83.5 Å². The summed E-state index contributed by atoms with van der Waals surface area (Å²) in [5.41, 5.74) is 0.481. The molecule has 0 bridgehead atoms. The van der Waals surface area contributed by atoms with Gasteiger partial charge >= 0.3 is 17.1 Å². The topological polar surface area (TPSA) is 0 Å².